The van der Waals surface area contributed by atoms with Gasteiger partial charge in [0.25, 0.3) is 6.01 Å². The largest absolute Gasteiger partial charge is 0.423 e. The number of benzene rings is 1. The SMILES string of the molecule is COC1(C)CCCN(c2nc3c(N)cccc3o2)C1. The zero-order valence-corrected chi connectivity index (χ0v) is 11.3. The number of anilines is 2. The Kier molecular flexibility index (Phi) is 2.86. The summed E-state index contributed by atoms with van der Waals surface area (Å²) in [6.45, 7) is 3.85. The third kappa shape index (κ3) is 2.14. The molecule has 1 aromatic carbocycles. The second kappa shape index (κ2) is 4.42. The van der Waals surface area contributed by atoms with Crippen LogP contribution in [-0.2, 0) is 4.74 Å². The Balaban J connectivity index is 1.94. The monoisotopic (exact) mass is 261 g/mol. The van der Waals surface area contributed by atoms with E-state index in [0.29, 0.717) is 11.7 Å². The molecule has 1 aliphatic rings. The molecule has 0 aliphatic carbocycles. The summed E-state index contributed by atoms with van der Waals surface area (Å²) >= 11 is 0. The molecule has 1 atom stereocenters. The van der Waals surface area contributed by atoms with Gasteiger partial charge < -0.3 is 19.8 Å². The van der Waals surface area contributed by atoms with Crippen molar-refractivity contribution in [2.45, 2.75) is 25.4 Å². The van der Waals surface area contributed by atoms with Crippen LogP contribution >= 0.6 is 0 Å². The van der Waals surface area contributed by atoms with Crippen LogP contribution < -0.4 is 10.6 Å². The van der Waals surface area contributed by atoms with Gasteiger partial charge in [0.1, 0.15) is 5.52 Å². The minimum atomic E-state index is -0.134. The van der Waals surface area contributed by atoms with Gasteiger partial charge in [-0.15, -0.1) is 0 Å². The van der Waals surface area contributed by atoms with E-state index in [0.717, 1.165) is 37.0 Å². The number of nitrogen functional groups attached to an aromatic ring is 1. The molecule has 0 bridgehead atoms. The second-order valence-electron chi connectivity index (χ2n) is 5.37. The first-order chi connectivity index (χ1) is 9.11. The average molecular weight is 261 g/mol. The van der Waals surface area contributed by atoms with Gasteiger partial charge >= 0.3 is 0 Å². The van der Waals surface area contributed by atoms with Crippen molar-refractivity contribution in [1.82, 2.24) is 4.98 Å². The van der Waals surface area contributed by atoms with Crippen LogP contribution in [0.1, 0.15) is 19.8 Å². The minimum absolute atomic E-state index is 0.134. The van der Waals surface area contributed by atoms with Crippen molar-refractivity contribution < 1.29 is 9.15 Å². The summed E-state index contributed by atoms with van der Waals surface area (Å²) in [5.41, 5.74) is 7.90. The summed E-state index contributed by atoms with van der Waals surface area (Å²) in [4.78, 5) is 6.65. The van der Waals surface area contributed by atoms with Crippen LogP contribution in [0.15, 0.2) is 22.6 Å². The number of aromatic nitrogens is 1. The summed E-state index contributed by atoms with van der Waals surface area (Å²) in [5.74, 6) is 0. The topological polar surface area (TPSA) is 64.5 Å². The number of methoxy groups -OCH3 is 1. The van der Waals surface area contributed by atoms with E-state index in [1.807, 2.05) is 18.2 Å². The van der Waals surface area contributed by atoms with E-state index in [1.54, 1.807) is 7.11 Å². The Hall–Kier alpha value is -1.75. The number of nitrogens with zero attached hydrogens (tertiary/aromatic N) is 2. The summed E-state index contributed by atoms with van der Waals surface area (Å²) in [6, 6.07) is 6.24. The number of para-hydroxylation sites is 1. The van der Waals surface area contributed by atoms with E-state index >= 15 is 0 Å². The van der Waals surface area contributed by atoms with Crippen LogP contribution in [0.5, 0.6) is 0 Å². The summed E-state index contributed by atoms with van der Waals surface area (Å²) in [7, 11) is 1.76. The molecule has 19 heavy (non-hydrogen) atoms. The first-order valence-electron chi connectivity index (χ1n) is 6.56. The maximum Gasteiger partial charge on any atom is 0.298 e. The molecule has 1 unspecified atom stereocenters. The van der Waals surface area contributed by atoms with Crippen molar-refractivity contribution in [1.29, 1.82) is 0 Å². The lowest BCUT2D eigenvalue weighted by atomic mass is 9.95. The smallest absolute Gasteiger partial charge is 0.298 e. The number of hydrogen-bond acceptors (Lipinski definition) is 5. The van der Waals surface area contributed by atoms with Gasteiger partial charge in [0.2, 0.25) is 0 Å². The van der Waals surface area contributed by atoms with E-state index in [4.69, 9.17) is 14.9 Å². The Labute approximate surface area is 112 Å². The Morgan fingerprint density at radius 1 is 1.47 bits per heavy atom. The molecule has 1 saturated heterocycles. The predicted octanol–water partition coefficient (Wildman–Crippen LogP) is 2.42. The highest BCUT2D eigenvalue weighted by Gasteiger charge is 2.32. The number of nitrogens with two attached hydrogens (primary N) is 1. The minimum Gasteiger partial charge on any atom is -0.423 e. The summed E-state index contributed by atoms with van der Waals surface area (Å²) in [5, 5.41) is 0. The third-order valence-electron chi connectivity index (χ3n) is 3.86. The first kappa shape index (κ1) is 12.3. The fourth-order valence-corrected chi connectivity index (χ4v) is 2.63. The number of piperidine rings is 1. The molecular weight excluding hydrogens is 242 g/mol. The van der Waals surface area contributed by atoms with Gasteiger partial charge in [0.15, 0.2) is 5.58 Å². The molecule has 0 saturated carbocycles. The molecule has 1 aromatic heterocycles. The van der Waals surface area contributed by atoms with Gasteiger partial charge in [0.05, 0.1) is 17.8 Å². The highest BCUT2D eigenvalue weighted by atomic mass is 16.5. The number of rotatable bonds is 2. The average Bonchev–Trinajstić information content (AvgIpc) is 2.84. The standard InChI is InChI=1S/C14H19N3O2/c1-14(18-2)7-4-8-17(9-14)13-16-12-10(15)5-3-6-11(12)19-13/h3,5-6H,4,7-9,15H2,1-2H3. The van der Waals surface area contributed by atoms with E-state index in [-0.39, 0.29) is 5.60 Å². The summed E-state index contributed by atoms with van der Waals surface area (Å²) in [6.07, 6.45) is 2.13. The number of hydrogen-bond donors (Lipinski definition) is 1. The van der Waals surface area contributed by atoms with Crippen LogP contribution in [0.3, 0.4) is 0 Å². The number of oxazole rings is 1. The molecule has 2 heterocycles. The van der Waals surface area contributed by atoms with Crippen LogP contribution in [0, 0.1) is 0 Å². The van der Waals surface area contributed by atoms with Crippen LogP contribution in [0.2, 0.25) is 0 Å². The van der Waals surface area contributed by atoms with Gasteiger partial charge in [-0.2, -0.15) is 4.98 Å². The third-order valence-corrected chi connectivity index (χ3v) is 3.86. The van der Waals surface area contributed by atoms with Crippen LogP contribution in [-0.4, -0.2) is 30.8 Å². The van der Waals surface area contributed by atoms with Crippen molar-refractivity contribution in [3.8, 4) is 0 Å². The molecule has 3 rings (SSSR count). The number of fused-ring (bicyclic) bond motifs is 1. The van der Waals surface area contributed by atoms with Crippen LogP contribution in [0.25, 0.3) is 11.1 Å². The molecule has 0 spiro atoms. The summed E-state index contributed by atoms with van der Waals surface area (Å²) < 4.78 is 11.4. The van der Waals surface area contributed by atoms with Crippen molar-refractivity contribution in [3.63, 3.8) is 0 Å². The van der Waals surface area contributed by atoms with Gasteiger partial charge in [0, 0.05) is 13.7 Å². The van der Waals surface area contributed by atoms with E-state index in [2.05, 4.69) is 16.8 Å². The molecule has 2 N–H and O–H groups in total. The van der Waals surface area contributed by atoms with Crippen molar-refractivity contribution in [2.75, 3.05) is 30.8 Å². The quantitative estimate of drug-likeness (QED) is 0.841. The molecular formula is C14H19N3O2. The van der Waals surface area contributed by atoms with Crippen molar-refractivity contribution in [3.05, 3.63) is 18.2 Å². The Morgan fingerprint density at radius 3 is 3.05 bits per heavy atom. The molecule has 5 heteroatoms. The maximum absolute atomic E-state index is 5.91. The lowest BCUT2D eigenvalue weighted by Gasteiger charge is -2.38. The molecule has 102 valence electrons. The molecule has 5 nitrogen and oxygen atoms in total. The van der Waals surface area contributed by atoms with Crippen molar-refractivity contribution >= 4 is 22.8 Å². The highest BCUT2D eigenvalue weighted by molar-refractivity contribution is 5.86. The fourth-order valence-electron chi connectivity index (χ4n) is 2.63. The molecule has 2 aromatic rings. The first-order valence-corrected chi connectivity index (χ1v) is 6.56. The second-order valence-corrected chi connectivity index (χ2v) is 5.37. The highest BCUT2D eigenvalue weighted by Crippen LogP contribution is 2.31. The zero-order valence-electron chi connectivity index (χ0n) is 11.3. The molecule has 0 amide bonds. The lowest BCUT2D eigenvalue weighted by molar-refractivity contribution is -0.00559. The maximum atomic E-state index is 5.91. The Morgan fingerprint density at radius 2 is 2.32 bits per heavy atom. The van der Waals surface area contributed by atoms with Gasteiger partial charge in [-0.1, -0.05) is 6.07 Å². The molecule has 1 fully saturated rings. The molecule has 1 aliphatic heterocycles. The normalized spacial score (nSPS) is 24.0. The zero-order chi connectivity index (χ0) is 13.5. The lowest BCUT2D eigenvalue weighted by Crippen LogP contribution is -2.47. The Bertz CT molecular complexity index is 595. The van der Waals surface area contributed by atoms with Gasteiger partial charge in [-0.25, -0.2) is 0 Å². The van der Waals surface area contributed by atoms with E-state index in [9.17, 15) is 0 Å². The van der Waals surface area contributed by atoms with Gasteiger partial charge in [-0.3, -0.25) is 0 Å². The fraction of sp³-hybridized carbons (Fsp3) is 0.500. The van der Waals surface area contributed by atoms with E-state index < -0.39 is 0 Å². The van der Waals surface area contributed by atoms with Crippen molar-refractivity contribution in [2.24, 2.45) is 0 Å². The van der Waals surface area contributed by atoms with E-state index in [1.165, 1.54) is 0 Å². The number of ether oxygens (including phenoxy) is 1. The van der Waals surface area contributed by atoms with Gasteiger partial charge in [-0.05, 0) is 31.9 Å². The van der Waals surface area contributed by atoms with Crippen LogP contribution in [0.4, 0.5) is 11.7 Å². The predicted molar refractivity (Wildman–Crippen MR) is 75.3 cm³/mol. The molecule has 0 radical (unpaired) electrons.